The highest BCUT2D eigenvalue weighted by atomic mass is 16.4. The first-order chi connectivity index (χ1) is 8.73. The van der Waals surface area contributed by atoms with E-state index in [0.717, 1.165) is 0 Å². The number of hydrogen-bond donors (Lipinski definition) is 2. The summed E-state index contributed by atoms with van der Waals surface area (Å²) in [5, 5.41) is 8.82. The average Bonchev–Trinajstić information content (AvgIpc) is 2.25. The van der Waals surface area contributed by atoms with Crippen molar-refractivity contribution in [3.8, 4) is 0 Å². The quantitative estimate of drug-likeness (QED) is 0.855. The van der Waals surface area contributed by atoms with Crippen LogP contribution in [0.5, 0.6) is 0 Å². The zero-order valence-corrected chi connectivity index (χ0v) is 12.6. The Morgan fingerprint density at radius 3 is 2.11 bits per heavy atom. The van der Waals surface area contributed by atoms with Crippen LogP contribution in [-0.2, 0) is 4.79 Å². The molecule has 0 aliphatic heterocycles. The van der Waals surface area contributed by atoms with Gasteiger partial charge in [0, 0.05) is 12.5 Å². The number of benzene rings is 1. The molecule has 0 saturated carbocycles. The van der Waals surface area contributed by atoms with Gasteiger partial charge in [0.25, 0.3) is 0 Å². The highest BCUT2D eigenvalue weighted by Crippen LogP contribution is 2.30. The summed E-state index contributed by atoms with van der Waals surface area (Å²) in [7, 11) is 0. The number of rotatable bonds is 5. The Hall–Kier alpha value is -1.35. The lowest BCUT2D eigenvalue weighted by molar-refractivity contribution is -0.138. The molecule has 1 aromatic rings. The lowest BCUT2D eigenvalue weighted by Gasteiger charge is -2.23. The van der Waals surface area contributed by atoms with Crippen molar-refractivity contribution in [2.45, 2.75) is 53.5 Å². The van der Waals surface area contributed by atoms with Gasteiger partial charge in [-0.15, -0.1) is 0 Å². The maximum Gasteiger partial charge on any atom is 0.303 e. The highest BCUT2D eigenvalue weighted by Gasteiger charge is 2.18. The number of hydrogen-bond acceptors (Lipinski definition) is 2. The van der Waals surface area contributed by atoms with E-state index in [1.807, 2.05) is 6.92 Å². The van der Waals surface area contributed by atoms with Crippen LogP contribution in [0.15, 0.2) is 6.07 Å². The van der Waals surface area contributed by atoms with E-state index >= 15 is 0 Å². The van der Waals surface area contributed by atoms with Crippen molar-refractivity contribution >= 4 is 5.97 Å². The minimum atomic E-state index is -0.756. The summed E-state index contributed by atoms with van der Waals surface area (Å²) in [5.74, 6) is -0.666. The van der Waals surface area contributed by atoms with Crippen molar-refractivity contribution in [3.63, 3.8) is 0 Å². The molecular weight excluding hydrogens is 238 g/mol. The molecule has 1 rings (SSSR count). The molecule has 0 radical (unpaired) electrons. The highest BCUT2D eigenvalue weighted by molar-refractivity contribution is 5.66. The van der Waals surface area contributed by atoms with E-state index in [-0.39, 0.29) is 18.4 Å². The van der Waals surface area contributed by atoms with Crippen molar-refractivity contribution < 1.29 is 9.90 Å². The van der Waals surface area contributed by atoms with E-state index in [1.165, 1.54) is 27.8 Å². The predicted molar refractivity (Wildman–Crippen MR) is 78.4 cm³/mol. The van der Waals surface area contributed by atoms with E-state index in [2.05, 4.69) is 33.8 Å². The first-order valence-electron chi connectivity index (χ1n) is 6.78. The zero-order chi connectivity index (χ0) is 14.7. The van der Waals surface area contributed by atoms with Gasteiger partial charge in [0.15, 0.2) is 0 Å². The van der Waals surface area contributed by atoms with E-state index in [9.17, 15) is 4.79 Å². The zero-order valence-electron chi connectivity index (χ0n) is 12.6. The first-order valence-corrected chi connectivity index (χ1v) is 6.78. The summed E-state index contributed by atoms with van der Waals surface area (Å²) < 4.78 is 0. The summed E-state index contributed by atoms with van der Waals surface area (Å²) >= 11 is 0. The minimum Gasteiger partial charge on any atom is -0.481 e. The Labute approximate surface area is 115 Å². The summed E-state index contributed by atoms with van der Waals surface area (Å²) in [5.41, 5.74) is 12.5. The molecule has 2 unspecified atom stereocenters. The van der Waals surface area contributed by atoms with Crippen molar-refractivity contribution in [1.29, 1.82) is 0 Å². The monoisotopic (exact) mass is 263 g/mol. The fourth-order valence-electron chi connectivity index (χ4n) is 2.74. The lowest BCUT2D eigenvalue weighted by Crippen LogP contribution is -2.19. The van der Waals surface area contributed by atoms with Gasteiger partial charge in [-0.25, -0.2) is 0 Å². The van der Waals surface area contributed by atoms with Gasteiger partial charge in [-0.1, -0.05) is 13.0 Å². The molecule has 3 heteroatoms. The molecule has 106 valence electrons. The fourth-order valence-corrected chi connectivity index (χ4v) is 2.74. The van der Waals surface area contributed by atoms with Crippen LogP contribution in [0, 0.1) is 33.6 Å². The molecule has 0 heterocycles. The van der Waals surface area contributed by atoms with Crippen LogP contribution in [0.1, 0.15) is 53.6 Å². The van der Waals surface area contributed by atoms with E-state index in [1.54, 1.807) is 0 Å². The van der Waals surface area contributed by atoms with Crippen LogP contribution in [0.2, 0.25) is 0 Å². The van der Waals surface area contributed by atoms with Gasteiger partial charge >= 0.3 is 5.97 Å². The molecule has 0 aromatic heterocycles. The lowest BCUT2D eigenvalue weighted by atomic mass is 9.86. The number of nitrogens with two attached hydrogens (primary N) is 1. The molecule has 0 aliphatic carbocycles. The summed E-state index contributed by atoms with van der Waals surface area (Å²) in [6.45, 7) is 10.3. The van der Waals surface area contributed by atoms with Crippen LogP contribution in [0.25, 0.3) is 0 Å². The Morgan fingerprint density at radius 1 is 1.21 bits per heavy atom. The molecule has 3 N–H and O–H groups in total. The largest absolute Gasteiger partial charge is 0.481 e. The normalized spacial score (nSPS) is 14.2. The Morgan fingerprint density at radius 2 is 1.68 bits per heavy atom. The number of carbonyl (C=O) groups is 1. The average molecular weight is 263 g/mol. The maximum atomic E-state index is 10.7. The topological polar surface area (TPSA) is 63.3 Å². The number of aliphatic carboxylic acids is 1. The second kappa shape index (κ2) is 6.20. The minimum absolute atomic E-state index is 0.0899. The van der Waals surface area contributed by atoms with Gasteiger partial charge in [0.1, 0.15) is 0 Å². The molecule has 0 fully saturated rings. The third-order valence-corrected chi connectivity index (χ3v) is 3.97. The van der Waals surface area contributed by atoms with Gasteiger partial charge < -0.3 is 10.8 Å². The first kappa shape index (κ1) is 15.7. The van der Waals surface area contributed by atoms with Gasteiger partial charge in [-0.2, -0.15) is 0 Å². The Bertz CT molecular complexity index is 454. The summed E-state index contributed by atoms with van der Waals surface area (Å²) in [6.07, 6.45) is 0.882. The van der Waals surface area contributed by atoms with Crippen molar-refractivity contribution in [3.05, 3.63) is 33.9 Å². The third kappa shape index (κ3) is 3.80. The van der Waals surface area contributed by atoms with Crippen LogP contribution >= 0.6 is 0 Å². The molecule has 0 aliphatic rings. The van der Waals surface area contributed by atoms with Gasteiger partial charge in [0.05, 0.1) is 0 Å². The SMILES string of the molecule is Cc1cc(C)c(C)c(C(N)CC(C)CC(=O)O)c1C. The maximum absolute atomic E-state index is 10.7. The summed E-state index contributed by atoms with van der Waals surface area (Å²) in [4.78, 5) is 10.7. The predicted octanol–water partition coefficient (Wildman–Crippen LogP) is 3.42. The molecular formula is C16H25NO2. The second-order valence-corrected chi connectivity index (χ2v) is 5.72. The van der Waals surface area contributed by atoms with Gasteiger partial charge in [-0.05, 0) is 67.9 Å². The molecule has 0 amide bonds. The van der Waals surface area contributed by atoms with E-state index < -0.39 is 5.97 Å². The molecule has 1 aromatic carbocycles. The number of carboxylic acid groups (broad SMARTS) is 1. The molecule has 0 spiro atoms. The van der Waals surface area contributed by atoms with Crippen LogP contribution in [-0.4, -0.2) is 11.1 Å². The van der Waals surface area contributed by atoms with Gasteiger partial charge in [0.2, 0.25) is 0 Å². The van der Waals surface area contributed by atoms with Crippen molar-refractivity contribution in [2.24, 2.45) is 11.7 Å². The Kier molecular flexibility index (Phi) is 5.12. The van der Waals surface area contributed by atoms with Crippen LogP contribution < -0.4 is 5.73 Å². The molecule has 19 heavy (non-hydrogen) atoms. The third-order valence-electron chi connectivity index (χ3n) is 3.97. The molecule has 0 bridgehead atoms. The standard InChI is InChI=1S/C16H25NO2/c1-9(7-15(18)19)6-14(17)16-12(4)10(2)8-11(3)13(16)5/h8-9,14H,6-7,17H2,1-5H3,(H,18,19). The summed E-state index contributed by atoms with van der Waals surface area (Å²) in [6, 6.07) is 2.09. The number of aryl methyl sites for hydroxylation is 2. The smallest absolute Gasteiger partial charge is 0.303 e. The van der Waals surface area contributed by atoms with Crippen molar-refractivity contribution in [1.82, 2.24) is 0 Å². The fraction of sp³-hybridized carbons (Fsp3) is 0.562. The van der Waals surface area contributed by atoms with Crippen LogP contribution in [0.3, 0.4) is 0 Å². The van der Waals surface area contributed by atoms with Crippen molar-refractivity contribution in [2.75, 3.05) is 0 Å². The molecule has 2 atom stereocenters. The van der Waals surface area contributed by atoms with Gasteiger partial charge in [-0.3, -0.25) is 4.79 Å². The van der Waals surface area contributed by atoms with Crippen LogP contribution in [0.4, 0.5) is 0 Å². The molecule has 0 saturated heterocycles. The van der Waals surface area contributed by atoms with E-state index in [4.69, 9.17) is 10.8 Å². The van der Waals surface area contributed by atoms with E-state index in [0.29, 0.717) is 6.42 Å². The Balaban J connectivity index is 2.99. The second-order valence-electron chi connectivity index (χ2n) is 5.72. The number of carboxylic acids is 1. The molecule has 3 nitrogen and oxygen atoms in total.